The number of rotatable bonds is 8. The number of hydrogen-bond acceptors (Lipinski definition) is 6. The van der Waals surface area contributed by atoms with Gasteiger partial charge in [-0.2, -0.15) is 0 Å². The monoisotopic (exact) mass is 604 g/mol. The third kappa shape index (κ3) is 7.91. The summed E-state index contributed by atoms with van der Waals surface area (Å²) in [5, 5.41) is 13.0. The van der Waals surface area contributed by atoms with E-state index in [2.05, 4.69) is 10.0 Å². The van der Waals surface area contributed by atoms with Crippen molar-refractivity contribution in [2.45, 2.75) is 75.5 Å². The lowest BCUT2D eigenvalue weighted by Crippen LogP contribution is -2.50. The normalized spacial score (nSPS) is 20.8. The summed E-state index contributed by atoms with van der Waals surface area (Å²) in [6, 6.07) is 8.69. The zero-order chi connectivity index (χ0) is 30.4. The van der Waals surface area contributed by atoms with Gasteiger partial charge in [0.15, 0.2) is 0 Å². The van der Waals surface area contributed by atoms with E-state index in [-0.39, 0.29) is 54.1 Å². The van der Waals surface area contributed by atoms with Crippen molar-refractivity contribution in [3.63, 3.8) is 0 Å². The summed E-state index contributed by atoms with van der Waals surface area (Å²) < 4.78 is 48.1. The lowest BCUT2D eigenvalue weighted by molar-refractivity contribution is -0.134. The molecule has 0 radical (unpaired) electrons. The number of amides is 3. The van der Waals surface area contributed by atoms with Crippen LogP contribution in [0.1, 0.15) is 51.5 Å². The molecule has 1 heterocycles. The second-order valence-corrected chi connectivity index (χ2v) is 13.1. The molecule has 1 fully saturated rings. The van der Waals surface area contributed by atoms with Crippen LogP contribution in [-0.2, 0) is 21.2 Å². The maximum atomic E-state index is 13.4. The fourth-order valence-corrected chi connectivity index (χ4v) is 6.47. The zero-order valence-corrected chi connectivity index (χ0v) is 25.2. The van der Waals surface area contributed by atoms with E-state index in [1.54, 1.807) is 35.9 Å². The van der Waals surface area contributed by atoms with Gasteiger partial charge in [0.2, 0.25) is 5.91 Å². The summed E-state index contributed by atoms with van der Waals surface area (Å²) in [4.78, 5) is 29.6. The summed E-state index contributed by atoms with van der Waals surface area (Å²) in [6.07, 6.45) is 4.74. The number of nitrogens with one attached hydrogen (secondary N) is 2. The van der Waals surface area contributed by atoms with E-state index in [1.165, 1.54) is 24.6 Å². The van der Waals surface area contributed by atoms with E-state index < -0.39 is 28.0 Å². The number of carbonyl (C=O) groups is 2. The summed E-state index contributed by atoms with van der Waals surface area (Å²) in [6.45, 7) is 4.04. The van der Waals surface area contributed by atoms with Crippen molar-refractivity contribution in [3.8, 4) is 5.75 Å². The average molecular weight is 605 g/mol. The lowest BCUT2D eigenvalue weighted by atomic mass is 9.96. The van der Waals surface area contributed by atoms with Crippen molar-refractivity contribution in [1.82, 2.24) is 15.1 Å². The van der Waals surface area contributed by atoms with E-state index in [4.69, 9.17) is 4.74 Å². The van der Waals surface area contributed by atoms with Crippen LogP contribution in [0.3, 0.4) is 0 Å². The number of nitrogens with zero attached hydrogens (tertiary/aromatic N) is 2. The number of ether oxygens (including phenoxy) is 1. The molecule has 2 aromatic rings. The number of sulfonamides is 1. The topological polar surface area (TPSA) is 128 Å². The number of aliphatic hydroxyl groups is 1. The molecule has 2 aliphatic rings. The Morgan fingerprint density at radius 3 is 2.52 bits per heavy atom. The fourth-order valence-electron chi connectivity index (χ4n) is 5.42. The van der Waals surface area contributed by atoms with Crippen LogP contribution in [0.4, 0.5) is 14.9 Å². The molecule has 10 nitrogen and oxygen atoms in total. The van der Waals surface area contributed by atoms with Crippen LogP contribution in [0.2, 0.25) is 0 Å². The Bertz CT molecular complexity index is 1350. The highest BCUT2D eigenvalue weighted by Crippen LogP contribution is 2.30. The van der Waals surface area contributed by atoms with Gasteiger partial charge in [0.1, 0.15) is 17.7 Å². The van der Waals surface area contributed by atoms with Crippen LogP contribution >= 0.6 is 0 Å². The minimum absolute atomic E-state index is 0.0801. The molecule has 1 aliphatic carbocycles. The molecule has 230 valence electrons. The zero-order valence-electron chi connectivity index (χ0n) is 24.4. The average Bonchev–Trinajstić information content (AvgIpc) is 3.00. The van der Waals surface area contributed by atoms with Crippen LogP contribution in [0.15, 0.2) is 47.4 Å². The maximum absolute atomic E-state index is 13.4. The standard InChI is InChI=1S/C30H41FN4O6S/c1-20-17-35(21(2)19-36)29(37)16-22-15-25(33-42(39,40)26-12-9-23(31)10-13-26)11-14-27(22)41-28(20)18-34(3)30(38)32-24-7-5-4-6-8-24/h9-15,20-21,24,28,33,36H,4-8,16-19H2,1-3H3,(H,32,38)/t20-,21+,28+/m1/s1. The van der Waals surface area contributed by atoms with Gasteiger partial charge >= 0.3 is 6.03 Å². The summed E-state index contributed by atoms with van der Waals surface area (Å²) in [7, 11) is -2.30. The first-order valence-corrected chi connectivity index (χ1v) is 15.9. The van der Waals surface area contributed by atoms with Crippen molar-refractivity contribution in [2.24, 2.45) is 5.92 Å². The quantitative estimate of drug-likeness (QED) is 0.421. The van der Waals surface area contributed by atoms with Gasteiger partial charge < -0.3 is 25.0 Å². The molecular weight excluding hydrogens is 563 g/mol. The number of halogens is 1. The smallest absolute Gasteiger partial charge is 0.317 e. The SMILES string of the molecule is C[C@@H]1CN([C@@H](C)CO)C(=O)Cc2cc(NS(=O)(=O)c3ccc(F)cc3)ccc2O[C@H]1CN(C)C(=O)NC1CCCCC1. The lowest BCUT2D eigenvalue weighted by Gasteiger charge is -2.34. The molecule has 4 rings (SSSR count). The van der Waals surface area contributed by atoms with Crippen molar-refractivity contribution in [2.75, 3.05) is 31.5 Å². The van der Waals surface area contributed by atoms with Gasteiger partial charge in [-0.05, 0) is 62.2 Å². The van der Waals surface area contributed by atoms with Gasteiger partial charge in [-0.15, -0.1) is 0 Å². The number of fused-ring (bicyclic) bond motifs is 1. The third-order valence-electron chi connectivity index (χ3n) is 8.03. The Labute approximate surface area is 247 Å². The van der Waals surface area contributed by atoms with E-state index in [0.717, 1.165) is 37.8 Å². The second kappa shape index (κ2) is 13.7. The molecule has 12 heteroatoms. The number of benzene rings is 2. The fraction of sp³-hybridized carbons (Fsp3) is 0.533. The molecule has 3 N–H and O–H groups in total. The highest BCUT2D eigenvalue weighted by Gasteiger charge is 2.32. The van der Waals surface area contributed by atoms with Gasteiger partial charge in [-0.25, -0.2) is 17.6 Å². The van der Waals surface area contributed by atoms with E-state index >= 15 is 0 Å². The van der Waals surface area contributed by atoms with Gasteiger partial charge in [-0.1, -0.05) is 26.2 Å². The predicted molar refractivity (Wildman–Crippen MR) is 157 cm³/mol. The van der Waals surface area contributed by atoms with Crippen LogP contribution < -0.4 is 14.8 Å². The Balaban J connectivity index is 1.59. The third-order valence-corrected chi connectivity index (χ3v) is 9.42. The Kier molecular flexibility index (Phi) is 10.3. The predicted octanol–water partition coefficient (Wildman–Crippen LogP) is 3.75. The second-order valence-electron chi connectivity index (χ2n) is 11.4. The first-order chi connectivity index (χ1) is 20.0. The number of anilines is 1. The number of aliphatic hydroxyl groups excluding tert-OH is 1. The maximum Gasteiger partial charge on any atom is 0.317 e. The molecule has 0 bridgehead atoms. The molecule has 0 aromatic heterocycles. The minimum atomic E-state index is -4.02. The summed E-state index contributed by atoms with van der Waals surface area (Å²) in [5.41, 5.74) is 0.673. The minimum Gasteiger partial charge on any atom is -0.488 e. The van der Waals surface area contributed by atoms with Gasteiger partial charge in [0, 0.05) is 36.8 Å². The molecule has 0 unspecified atom stereocenters. The van der Waals surface area contributed by atoms with Crippen molar-refractivity contribution in [1.29, 1.82) is 0 Å². The number of carbonyl (C=O) groups excluding carboxylic acids is 2. The molecule has 3 atom stereocenters. The Morgan fingerprint density at radius 1 is 1.17 bits per heavy atom. The molecule has 1 saturated carbocycles. The van der Waals surface area contributed by atoms with Crippen LogP contribution in [0.5, 0.6) is 5.75 Å². The van der Waals surface area contributed by atoms with E-state index in [1.807, 2.05) is 6.92 Å². The molecular formula is C30H41FN4O6S. The Morgan fingerprint density at radius 2 is 1.86 bits per heavy atom. The highest BCUT2D eigenvalue weighted by molar-refractivity contribution is 7.92. The molecule has 2 aromatic carbocycles. The first kappa shape index (κ1) is 31.6. The van der Waals surface area contributed by atoms with Crippen LogP contribution in [-0.4, -0.2) is 80.2 Å². The molecule has 0 saturated heterocycles. The van der Waals surface area contributed by atoms with Crippen molar-refractivity contribution in [3.05, 3.63) is 53.8 Å². The summed E-state index contributed by atoms with van der Waals surface area (Å²) in [5.74, 6) is -0.583. The molecule has 42 heavy (non-hydrogen) atoms. The van der Waals surface area contributed by atoms with Gasteiger partial charge in [0.05, 0.1) is 30.5 Å². The van der Waals surface area contributed by atoms with E-state index in [0.29, 0.717) is 17.9 Å². The van der Waals surface area contributed by atoms with Crippen molar-refractivity contribution >= 4 is 27.6 Å². The molecule has 0 spiro atoms. The van der Waals surface area contributed by atoms with Crippen LogP contribution in [0, 0.1) is 11.7 Å². The Hall–Kier alpha value is -3.38. The number of likely N-dealkylation sites (N-methyl/N-ethyl adjacent to an activating group) is 1. The van der Waals surface area contributed by atoms with E-state index in [9.17, 15) is 27.5 Å². The molecule has 1 aliphatic heterocycles. The molecule has 3 amide bonds. The van der Waals surface area contributed by atoms with Gasteiger partial charge in [-0.3, -0.25) is 9.52 Å². The van der Waals surface area contributed by atoms with Crippen LogP contribution in [0.25, 0.3) is 0 Å². The highest BCUT2D eigenvalue weighted by atomic mass is 32.2. The largest absolute Gasteiger partial charge is 0.488 e. The summed E-state index contributed by atoms with van der Waals surface area (Å²) >= 11 is 0. The number of hydrogen-bond donors (Lipinski definition) is 3. The van der Waals surface area contributed by atoms with Crippen molar-refractivity contribution < 1.29 is 32.2 Å². The number of urea groups is 1. The first-order valence-electron chi connectivity index (χ1n) is 14.5. The van der Waals surface area contributed by atoms with Gasteiger partial charge in [0.25, 0.3) is 10.0 Å².